The van der Waals surface area contributed by atoms with E-state index in [4.69, 9.17) is 15.1 Å². The molecule has 0 unspecified atom stereocenters. The molecule has 2 heterocycles. The highest BCUT2D eigenvalue weighted by Crippen LogP contribution is 2.37. The first-order valence-corrected chi connectivity index (χ1v) is 12.5. The zero-order valence-corrected chi connectivity index (χ0v) is 20.9. The molecule has 1 atom stereocenters. The third-order valence-electron chi connectivity index (χ3n) is 6.39. The Morgan fingerprint density at radius 1 is 0.743 bits per heavy atom. The van der Waals surface area contributed by atoms with E-state index < -0.39 is 0 Å². The molecule has 5 heteroatoms. The minimum absolute atomic E-state index is 0.00388. The first kappa shape index (κ1) is 21.7. The first-order chi connectivity index (χ1) is 17.2. The van der Waals surface area contributed by atoms with E-state index >= 15 is 0 Å². The average molecular weight is 519 g/mol. The van der Waals surface area contributed by atoms with Gasteiger partial charge in [0.1, 0.15) is 0 Å². The van der Waals surface area contributed by atoms with Crippen molar-refractivity contribution in [2.24, 2.45) is 5.10 Å². The molecule has 4 nitrogen and oxygen atoms in total. The molecule has 1 aromatic heterocycles. The van der Waals surface area contributed by atoms with Gasteiger partial charge >= 0.3 is 0 Å². The Morgan fingerprint density at radius 3 is 2.23 bits per heavy atom. The molecule has 0 fully saturated rings. The number of halogens is 1. The van der Waals surface area contributed by atoms with E-state index in [0.717, 1.165) is 44.3 Å². The Morgan fingerprint density at radius 2 is 1.46 bits per heavy atom. The standard InChI is InChI=1S/C30H23BrN4/c1-20-11-13-21(14-12-20)27-19-28(22-15-17-24(31)18-16-22)35(34-27)30-32-26-10-6-5-9-25(26)29(33-30)23-7-3-2-4-8-23/h2-18,28H,19H2,1H3/t28-/m1/s1. The molecule has 0 bridgehead atoms. The third kappa shape index (κ3) is 4.24. The van der Waals surface area contributed by atoms with Crippen LogP contribution in [0.15, 0.2) is 113 Å². The quantitative estimate of drug-likeness (QED) is 0.244. The summed E-state index contributed by atoms with van der Waals surface area (Å²) < 4.78 is 1.05. The normalized spacial score (nSPS) is 15.4. The lowest BCUT2D eigenvalue weighted by molar-refractivity contribution is 0.689. The summed E-state index contributed by atoms with van der Waals surface area (Å²) in [5.74, 6) is 0.609. The summed E-state index contributed by atoms with van der Waals surface area (Å²) in [6.07, 6.45) is 0.779. The predicted octanol–water partition coefficient (Wildman–Crippen LogP) is 7.72. The fraction of sp³-hybridized carbons (Fsp3) is 0.100. The summed E-state index contributed by atoms with van der Waals surface area (Å²) in [5, 5.41) is 8.12. The van der Waals surface area contributed by atoms with E-state index in [1.54, 1.807) is 0 Å². The Labute approximate surface area is 213 Å². The number of nitrogens with zero attached hydrogens (tertiary/aromatic N) is 4. The number of para-hydroxylation sites is 1. The molecule has 0 aliphatic carbocycles. The fourth-order valence-electron chi connectivity index (χ4n) is 4.54. The van der Waals surface area contributed by atoms with Crippen LogP contribution in [-0.4, -0.2) is 15.7 Å². The van der Waals surface area contributed by atoms with Gasteiger partial charge in [0, 0.05) is 21.8 Å². The molecule has 4 aromatic carbocycles. The van der Waals surface area contributed by atoms with Crippen LogP contribution < -0.4 is 5.01 Å². The zero-order chi connectivity index (χ0) is 23.8. The van der Waals surface area contributed by atoms with Gasteiger partial charge in [-0.2, -0.15) is 5.10 Å². The summed E-state index contributed by atoms with van der Waals surface area (Å²) in [6.45, 7) is 2.10. The average Bonchev–Trinajstić information content (AvgIpc) is 3.35. The van der Waals surface area contributed by atoms with E-state index in [1.807, 2.05) is 41.4 Å². The molecule has 0 saturated heterocycles. The van der Waals surface area contributed by atoms with Crippen LogP contribution in [0.5, 0.6) is 0 Å². The van der Waals surface area contributed by atoms with Crippen LogP contribution in [0.25, 0.3) is 22.2 Å². The number of hydrogen-bond donors (Lipinski definition) is 0. The molecule has 1 aliphatic rings. The van der Waals surface area contributed by atoms with Gasteiger partial charge in [0.25, 0.3) is 0 Å². The van der Waals surface area contributed by atoms with Crippen molar-refractivity contribution >= 4 is 38.5 Å². The summed E-state index contributed by atoms with van der Waals surface area (Å²) >= 11 is 3.57. The highest BCUT2D eigenvalue weighted by molar-refractivity contribution is 9.10. The fourth-order valence-corrected chi connectivity index (χ4v) is 4.81. The van der Waals surface area contributed by atoms with Crippen molar-refractivity contribution in [3.8, 4) is 11.3 Å². The van der Waals surface area contributed by atoms with Crippen molar-refractivity contribution in [1.29, 1.82) is 0 Å². The minimum atomic E-state index is 0.00388. The van der Waals surface area contributed by atoms with Crippen molar-refractivity contribution in [2.45, 2.75) is 19.4 Å². The van der Waals surface area contributed by atoms with Gasteiger partial charge in [0.05, 0.1) is 23.0 Å². The first-order valence-electron chi connectivity index (χ1n) is 11.7. The van der Waals surface area contributed by atoms with Gasteiger partial charge in [-0.25, -0.2) is 15.0 Å². The molecule has 6 rings (SSSR count). The maximum atomic E-state index is 5.09. The second kappa shape index (κ2) is 9.08. The Balaban J connectivity index is 1.52. The van der Waals surface area contributed by atoms with E-state index in [1.165, 1.54) is 11.1 Å². The van der Waals surface area contributed by atoms with Crippen LogP contribution in [0.4, 0.5) is 5.95 Å². The Bertz CT molecular complexity index is 1530. The molecule has 0 spiro atoms. The maximum absolute atomic E-state index is 5.09. The van der Waals surface area contributed by atoms with E-state index in [2.05, 4.69) is 89.6 Å². The van der Waals surface area contributed by atoms with Gasteiger partial charge in [0.15, 0.2) is 0 Å². The van der Waals surface area contributed by atoms with Crippen LogP contribution in [-0.2, 0) is 0 Å². The van der Waals surface area contributed by atoms with E-state index in [9.17, 15) is 0 Å². The number of aromatic nitrogens is 2. The molecule has 0 amide bonds. The smallest absolute Gasteiger partial charge is 0.223 e. The second-order valence-electron chi connectivity index (χ2n) is 8.78. The maximum Gasteiger partial charge on any atom is 0.247 e. The second-order valence-corrected chi connectivity index (χ2v) is 9.70. The number of benzene rings is 4. The number of hydrogen-bond acceptors (Lipinski definition) is 4. The highest BCUT2D eigenvalue weighted by atomic mass is 79.9. The molecule has 35 heavy (non-hydrogen) atoms. The zero-order valence-electron chi connectivity index (χ0n) is 19.3. The van der Waals surface area contributed by atoms with E-state index in [0.29, 0.717) is 5.95 Å². The minimum Gasteiger partial charge on any atom is -0.223 e. The van der Waals surface area contributed by atoms with Crippen LogP contribution in [0.1, 0.15) is 29.2 Å². The largest absolute Gasteiger partial charge is 0.247 e. The van der Waals surface area contributed by atoms with Crippen molar-refractivity contribution in [1.82, 2.24) is 9.97 Å². The van der Waals surface area contributed by atoms with Crippen molar-refractivity contribution in [3.05, 3.63) is 124 Å². The highest BCUT2D eigenvalue weighted by Gasteiger charge is 2.32. The number of hydrazone groups is 1. The van der Waals surface area contributed by atoms with Crippen LogP contribution >= 0.6 is 15.9 Å². The molecule has 0 saturated carbocycles. The van der Waals surface area contributed by atoms with Crippen molar-refractivity contribution < 1.29 is 0 Å². The molecule has 5 aromatic rings. The lowest BCUT2D eigenvalue weighted by atomic mass is 9.98. The van der Waals surface area contributed by atoms with Gasteiger partial charge in [0.2, 0.25) is 5.95 Å². The van der Waals surface area contributed by atoms with Gasteiger partial charge in [-0.15, -0.1) is 0 Å². The lowest BCUT2D eigenvalue weighted by Crippen LogP contribution is -2.21. The molecular formula is C30H23BrN4. The Hall–Kier alpha value is -3.83. The summed E-state index contributed by atoms with van der Waals surface area (Å²) in [6, 6.07) is 35.5. The number of rotatable bonds is 4. The number of fused-ring (bicyclic) bond motifs is 1. The predicted molar refractivity (Wildman–Crippen MR) is 147 cm³/mol. The van der Waals surface area contributed by atoms with Crippen molar-refractivity contribution in [2.75, 3.05) is 5.01 Å². The van der Waals surface area contributed by atoms with Crippen molar-refractivity contribution in [3.63, 3.8) is 0 Å². The SMILES string of the molecule is Cc1ccc(C2=NN(c3nc(-c4ccccc4)c4ccccc4n3)[C@@H](c3ccc(Br)cc3)C2)cc1. The topological polar surface area (TPSA) is 41.4 Å². The Kier molecular flexibility index (Phi) is 5.63. The van der Waals surface area contributed by atoms with Gasteiger partial charge < -0.3 is 0 Å². The summed E-state index contributed by atoms with van der Waals surface area (Å²) in [5.41, 5.74) is 7.47. The summed E-state index contributed by atoms with van der Waals surface area (Å²) in [7, 11) is 0. The monoisotopic (exact) mass is 518 g/mol. The van der Waals surface area contributed by atoms with Gasteiger partial charge in [-0.05, 0) is 36.2 Å². The number of anilines is 1. The van der Waals surface area contributed by atoms with Crippen LogP contribution in [0.2, 0.25) is 0 Å². The van der Waals surface area contributed by atoms with E-state index in [-0.39, 0.29) is 6.04 Å². The van der Waals surface area contributed by atoms with Gasteiger partial charge in [-0.3, -0.25) is 0 Å². The molecular weight excluding hydrogens is 496 g/mol. The lowest BCUT2D eigenvalue weighted by Gasteiger charge is -2.23. The third-order valence-corrected chi connectivity index (χ3v) is 6.92. The van der Waals surface area contributed by atoms with Crippen LogP contribution in [0, 0.1) is 6.92 Å². The van der Waals surface area contributed by atoms with Crippen LogP contribution in [0.3, 0.4) is 0 Å². The molecule has 1 aliphatic heterocycles. The molecule has 170 valence electrons. The molecule has 0 N–H and O–H groups in total. The molecule has 0 radical (unpaired) electrons. The van der Waals surface area contributed by atoms with Gasteiger partial charge in [-0.1, -0.05) is 106 Å². The number of aryl methyl sites for hydroxylation is 1. The summed E-state index contributed by atoms with van der Waals surface area (Å²) in [4.78, 5) is 10.1.